The van der Waals surface area contributed by atoms with Crippen LogP contribution in [0.4, 0.5) is 0 Å². The van der Waals surface area contributed by atoms with Crippen LogP contribution in [0, 0.1) is 5.92 Å². The molecule has 2 rings (SSSR count). The molecule has 1 unspecified atom stereocenters. The molecule has 0 spiro atoms. The lowest BCUT2D eigenvalue weighted by Gasteiger charge is -2.24. The lowest BCUT2D eigenvalue weighted by molar-refractivity contribution is -0.122. The van der Waals surface area contributed by atoms with Gasteiger partial charge in [-0.2, -0.15) is 0 Å². The zero-order valence-corrected chi connectivity index (χ0v) is 9.87. The molecule has 0 aromatic heterocycles. The van der Waals surface area contributed by atoms with E-state index in [1.54, 1.807) is 0 Å². The van der Waals surface area contributed by atoms with Gasteiger partial charge in [-0.05, 0) is 51.1 Å². The van der Waals surface area contributed by atoms with E-state index in [0.717, 1.165) is 51.6 Å². The van der Waals surface area contributed by atoms with Crippen LogP contribution in [0.5, 0.6) is 0 Å². The standard InChI is InChI=1S/C13H22N2O/c16-13(10-11-6-8-14-9-7-11)15-12-4-2-1-3-5-12/h1-2,11-12,14H,3-10H2,(H,15,16). The van der Waals surface area contributed by atoms with Gasteiger partial charge in [0.1, 0.15) is 0 Å². The molecule has 3 nitrogen and oxygen atoms in total. The van der Waals surface area contributed by atoms with Crippen molar-refractivity contribution in [1.82, 2.24) is 10.6 Å². The fourth-order valence-corrected chi connectivity index (χ4v) is 2.56. The van der Waals surface area contributed by atoms with E-state index >= 15 is 0 Å². The van der Waals surface area contributed by atoms with Crippen molar-refractivity contribution in [2.45, 2.75) is 44.6 Å². The minimum atomic E-state index is 0.257. The highest BCUT2D eigenvalue weighted by Crippen LogP contribution is 2.16. The molecule has 0 saturated carbocycles. The van der Waals surface area contributed by atoms with Crippen molar-refractivity contribution >= 4 is 5.91 Å². The number of hydrogen-bond donors (Lipinski definition) is 2. The van der Waals surface area contributed by atoms with E-state index in [9.17, 15) is 4.79 Å². The minimum Gasteiger partial charge on any atom is -0.353 e. The molecule has 1 atom stereocenters. The molecule has 2 N–H and O–H groups in total. The number of carbonyl (C=O) groups is 1. The fourth-order valence-electron chi connectivity index (χ4n) is 2.56. The van der Waals surface area contributed by atoms with Gasteiger partial charge in [-0.1, -0.05) is 12.2 Å². The third-order valence-electron chi connectivity index (χ3n) is 3.57. The first-order valence-electron chi connectivity index (χ1n) is 6.49. The molecule has 0 bridgehead atoms. The predicted octanol–water partition coefficient (Wildman–Crippen LogP) is 1.60. The van der Waals surface area contributed by atoms with E-state index in [0.29, 0.717) is 12.0 Å². The Labute approximate surface area is 97.7 Å². The molecular formula is C13H22N2O. The van der Waals surface area contributed by atoms with E-state index < -0.39 is 0 Å². The number of rotatable bonds is 3. The average Bonchev–Trinajstić information content (AvgIpc) is 2.31. The maximum atomic E-state index is 11.8. The first kappa shape index (κ1) is 11.6. The molecule has 3 heteroatoms. The van der Waals surface area contributed by atoms with Crippen LogP contribution in [-0.4, -0.2) is 25.0 Å². The number of hydrogen-bond acceptors (Lipinski definition) is 2. The molecule has 1 amide bonds. The van der Waals surface area contributed by atoms with Crippen molar-refractivity contribution in [3.63, 3.8) is 0 Å². The van der Waals surface area contributed by atoms with Gasteiger partial charge in [-0.25, -0.2) is 0 Å². The van der Waals surface area contributed by atoms with Crippen LogP contribution in [0.25, 0.3) is 0 Å². The van der Waals surface area contributed by atoms with E-state index in [1.165, 1.54) is 0 Å². The van der Waals surface area contributed by atoms with Gasteiger partial charge < -0.3 is 10.6 Å². The lowest BCUT2D eigenvalue weighted by Crippen LogP contribution is -2.37. The Bertz CT molecular complexity index is 257. The monoisotopic (exact) mass is 222 g/mol. The minimum absolute atomic E-state index is 0.257. The third kappa shape index (κ3) is 3.63. The summed E-state index contributed by atoms with van der Waals surface area (Å²) in [6.45, 7) is 2.15. The molecule has 1 saturated heterocycles. The molecule has 90 valence electrons. The summed E-state index contributed by atoms with van der Waals surface area (Å²) in [5.74, 6) is 0.854. The maximum Gasteiger partial charge on any atom is 0.220 e. The molecule has 0 aromatic carbocycles. The quantitative estimate of drug-likeness (QED) is 0.712. The van der Waals surface area contributed by atoms with Gasteiger partial charge in [0.25, 0.3) is 0 Å². The summed E-state index contributed by atoms with van der Waals surface area (Å²) in [6, 6.07) is 0.388. The Hall–Kier alpha value is -0.830. The normalized spacial score (nSPS) is 26.6. The van der Waals surface area contributed by atoms with Crippen LogP contribution >= 0.6 is 0 Å². The SMILES string of the molecule is O=C(CC1CCNCC1)NC1CC=CCC1. The number of amides is 1. The van der Waals surface area contributed by atoms with E-state index in [2.05, 4.69) is 22.8 Å². The highest BCUT2D eigenvalue weighted by molar-refractivity contribution is 5.76. The van der Waals surface area contributed by atoms with Gasteiger partial charge in [-0.3, -0.25) is 4.79 Å². The molecule has 1 heterocycles. The zero-order chi connectivity index (χ0) is 11.2. The first-order chi connectivity index (χ1) is 7.84. The van der Waals surface area contributed by atoms with Crippen LogP contribution in [0.3, 0.4) is 0 Å². The van der Waals surface area contributed by atoms with E-state index in [-0.39, 0.29) is 5.91 Å². The number of piperidine rings is 1. The Kier molecular flexibility index (Phi) is 4.40. The van der Waals surface area contributed by atoms with Gasteiger partial charge in [0.15, 0.2) is 0 Å². The summed E-state index contributed by atoms with van der Waals surface area (Å²) in [4.78, 5) is 11.8. The summed E-state index contributed by atoms with van der Waals surface area (Å²) in [5, 5.41) is 6.48. The Morgan fingerprint density at radius 2 is 2.06 bits per heavy atom. The molecule has 1 aliphatic carbocycles. The van der Waals surface area contributed by atoms with Gasteiger partial charge in [-0.15, -0.1) is 0 Å². The highest BCUT2D eigenvalue weighted by atomic mass is 16.1. The number of nitrogens with one attached hydrogen (secondary N) is 2. The third-order valence-corrected chi connectivity index (χ3v) is 3.57. The Morgan fingerprint density at radius 1 is 1.25 bits per heavy atom. The molecule has 16 heavy (non-hydrogen) atoms. The van der Waals surface area contributed by atoms with Crippen LogP contribution in [-0.2, 0) is 4.79 Å². The van der Waals surface area contributed by atoms with E-state index in [1.807, 2.05) is 0 Å². The second kappa shape index (κ2) is 6.04. The molecule has 1 aliphatic heterocycles. The van der Waals surface area contributed by atoms with E-state index in [4.69, 9.17) is 0 Å². The number of carbonyl (C=O) groups excluding carboxylic acids is 1. The van der Waals surface area contributed by atoms with Crippen LogP contribution in [0.15, 0.2) is 12.2 Å². The lowest BCUT2D eigenvalue weighted by atomic mass is 9.94. The summed E-state index contributed by atoms with van der Waals surface area (Å²) in [7, 11) is 0. The topological polar surface area (TPSA) is 41.1 Å². The van der Waals surface area contributed by atoms with Gasteiger partial charge in [0.05, 0.1) is 0 Å². The summed E-state index contributed by atoms with van der Waals surface area (Å²) >= 11 is 0. The fraction of sp³-hybridized carbons (Fsp3) is 0.769. The molecule has 0 aromatic rings. The van der Waals surface area contributed by atoms with Crippen molar-refractivity contribution in [3.8, 4) is 0 Å². The van der Waals surface area contributed by atoms with Crippen molar-refractivity contribution in [3.05, 3.63) is 12.2 Å². The van der Waals surface area contributed by atoms with Crippen molar-refractivity contribution < 1.29 is 4.79 Å². The average molecular weight is 222 g/mol. The smallest absolute Gasteiger partial charge is 0.220 e. The Balaban J connectivity index is 1.68. The van der Waals surface area contributed by atoms with Crippen LogP contribution in [0.2, 0.25) is 0 Å². The van der Waals surface area contributed by atoms with Crippen molar-refractivity contribution in [2.75, 3.05) is 13.1 Å². The second-order valence-electron chi connectivity index (χ2n) is 4.95. The molecule has 1 fully saturated rings. The van der Waals surface area contributed by atoms with Crippen LogP contribution < -0.4 is 10.6 Å². The van der Waals surface area contributed by atoms with Gasteiger partial charge in [0.2, 0.25) is 5.91 Å². The predicted molar refractivity (Wildman–Crippen MR) is 65.1 cm³/mol. The molecule has 2 aliphatic rings. The van der Waals surface area contributed by atoms with Crippen LogP contribution in [0.1, 0.15) is 38.5 Å². The van der Waals surface area contributed by atoms with Crippen molar-refractivity contribution in [2.24, 2.45) is 5.92 Å². The van der Waals surface area contributed by atoms with Crippen molar-refractivity contribution in [1.29, 1.82) is 0 Å². The largest absolute Gasteiger partial charge is 0.353 e. The van der Waals surface area contributed by atoms with Gasteiger partial charge in [0, 0.05) is 12.5 Å². The zero-order valence-electron chi connectivity index (χ0n) is 9.87. The highest BCUT2D eigenvalue weighted by Gasteiger charge is 2.19. The molecular weight excluding hydrogens is 200 g/mol. The maximum absolute atomic E-state index is 11.8. The number of allylic oxidation sites excluding steroid dienone is 1. The molecule has 0 radical (unpaired) electrons. The first-order valence-corrected chi connectivity index (χ1v) is 6.49. The Morgan fingerprint density at radius 3 is 2.75 bits per heavy atom. The summed E-state index contributed by atoms with van der Waals surface area (Å²) < 4.78 is 0. The summed E-state index contributed by atoms with van der Waals surface area (Å²) in [5.41, 5.74) is 0. The second-order valence-corrected chi connectivity index (χ2v) is 4.95. The summed E-state index contributed by atoms with van der Waals surface area (Å²) in [6.07, 6.45) is 10.6. The van der Waals surface area contributed by atoms with Gasteiger partial charge >= 0.3 is 0 Å².